The normalized spacial score (nSPS) is 18.9. The zero-order valence-corrected chi connectivity index (χ0v) is 16.6. The summed E-state index contributed by atoms with van der Waals surface area (Å²) in [6.07, 6.45) is -0.450. The number of carbonyl (C=O) groups excluding carboxylic acids is 3. The lowest BCUT2D eigenvalue weighted by atomic mass is 9.89. The zero-order valence-electron chi connectivity index (χ0n) is 16.6. The predicted octanol–water partition coefficient (Wildman–Crippen LogP) is 2.60. The first kappa shape index (κ1) is 20.8. The lowest BCUT2D eigenvalue weighted by Crippen LogP contribution is -2.59. The van der Waals surface area contributed by atoms with Gasteiger partial charge in [0.05, 0.1) is 12.0 Å². The van der Waals surface area contributed by atoms with Crippen molar-refractivity contribution in [2.24, 2.45) is 0 Å². The van der Waals surface area contributed by atoms with Crippen molar-refractivity contribution >= 4 is 23.6 Å². The van der Waals surface area contributed by atoms with Gasteiger partial charge in [0, 0.05) is 30.8 Å². The highest BCUT2D eigenvalue weighted by atomic mass is 19.1. The molecule has 2 N–H and O–H groups in total. The number of nitrogens with zero attached hydrogens (tertiary/aromatic N) is 1. The highest BCUT2D eigenvalue weighted by Gasteiger charge is 2.34. The Morgan fingerprint density at radius 2 is 1.81 bits per heavy atom. The summed E-state index contributed by atoms with van der Waals surface area (Å²) in [6.45, 7) is 0.898. The molecule has 0 aliphatic carbocycles. The van der Waals surface area contributed by atoms with Crippen LogP contribution in [0.4, 0.5) is 19.3 Å². The first-order valence-electron chi connectivity index (χ1n) is 9.95. The van der Waals surface area contributed by atoms with Crippen LogP contribution in [0.2, 0.25) is 0 Å². The monoisotopic (exact) mass is 429 g/mol. The van der Waals surface area contributed by atoms with Crippen LogP contribution in [0.5, 0.6) is 0 Å². The second-order valence-electron chi connectivity index (χ2n) is 7.63. The quantitative estimate of drug-likeness (QED) is 0.714. The van der Waals surface area contributed by atoms with Crippen molar-refractivity contribution in [1.82, 2.24) is 10.6 Å². The third-order valence-corrected chi connectivity index (χ3v) is 5.43. The molecule has 2 fully saturated rings. The van der Waals surface area contributed by atoms with Gasteiger partial charge in [-0.05, 0) is 24.1 Å². The van der Waals surface area contributed by atoms with Crippen molar-refractivity contribution in [3.8, 4) is 0 Å². The molecular weight excluding hydrogens is 408 g/mol. The lowest BCUT2D eigenvalue weighted by molar-refractivity contribution is -0.134. The number of alkyl carbamates (subject to hydrolysis) is 1. The van der Waals surface area contributed by atoms with Crippen molar-refractivity contribution in [2.75, 3.05) is 18.0 Å². The first-order valence-corrected chi connectivity index (χ1v) is 9.95. The van der Waals surface area contributed by atoms with Crippen LogP contribution >= 0.6 is 0 Å². The number of benzene rings is 2. The topological polar surface area (TPSA) is 87.7 Å². The minimum absolute atomic E-state index is 0.0386. The maximum atomic E-state index is 14.6. The number of imide groups is 1. The van der Waals surface area contributed by atoms with E-state index in [4.69, 9.17) is 4.74 Å². The van der Waals surface area contributed by atoms with E-state index in [-0.39, 0.29) is 31.1 Å². The Bertz CT molecular complexity index is 986. The molecule has 2 heterocycles. The summed E-state index contributed by atoms with van der Waals surface area (Å²) in [5.74, 6) is -3.83. The number of hydrogen-bond acceptors (Lipinski definition) is 5. The number of nitrogens with one attached hydrogen (secondary N) is 2. The van der Waals surface area contributed by atoms with E-state index in [1.54, 1.807) is 4.90 Å². The SMILES string of the molecule is O=C1CCC(c2c(F)cc(N3CC(NC(=O)OCc4ccccc4)C3)cc2F)C(=O)N1. The highest BCUT2D eigenvalue weighted by molar-refractivity contribution is 6.01. The maximum absolute atomic E-state index is 14.6. The summed E-state index contributed by atoms with van der Waals surface area (Å²) in [5, 5.41) is 4.83. The van der Waals surface area contributed by atoms with Crippen molar-refractivity contribution in [3.05, 3.63) is 65.2 Å². The Kier molecular flexibility index (Phi) is 5.83. The Balaban J connectivity index is 1.32. The standard InChI is InChI=1S/C22H21F2N3O4/c23-17-8-15(9-18(24)20(17)16-6-7-19(28)26-21(16)29)27-10-14(11-27)25-22(30)31-12-13-4-2-1-3-5-13/h1-5,8-9,14,16H,6-7,10-12H2,(H,25,30)(H,26,28,29). The Morgan fingerprint density at radius 1 is 1.13 bits per heavy atom. The van der Waals surface area contributed by atoms with E-state index >= 15 is 0 Å². The van der Waals surface area contributed by atoms with Gasteiger partial charge in [-0.25, -0.2) is 13.6 Å². The molecule has 31 heavy (non-hydrogen) atoms. The van der Waals surface area contributed by atoms with Gasteiger partial charge >= 0.3 is 6.09 Å². The second kappa shape index (κ2) is 8.71. The van der Waals surface area contributed by atoms with E-state index in [9.17, 15) is 23.2 Å². The van der Waals surface area contributed by atoms with Crippen molar-refractivity contribution in [2.45, 2.75) is 31.4 Å². The molecule has 0 bridgehead atoms. The number of piperidine rings is 1. The largest absolute Gasteiger partial charge is 0.445 e. The van der Waals surface area contributed by atoms with E-state index in [1.807, 2.05) is 30.3 Å². The molecular formula is C22H21F2N3O4. The fourth-order valence-electron chi connectivity index (χ4n) is 3.77. The molecule has 2 saturated heterocycles. The van der Waals surface area contributed by atoms with E-state index in [2.05, 4.69) is 10.6 Å². The number of halogens is 2. The number of carbonyl (C=O) groups is 3. The Labute approximate surface area is 177 Å². The average Bonchev–Trinajstić information content (AvgIpc) is 2.70. The van der Waals surface area contributed by atoms with Crippen LogP contribution in [0.25, 0.3) is 0 Å². The minimum atomic E-state index is -1.03. The summed E-state index contributed by atoms with van der Waals surface area (Å²) in [5.41, 5.74) is 0.866. The fraction of sp³-hybridized carbons (Fsp3) is 0.318. The molecule has 7 nitrogen and oxygen atoms in total. The third kappa shape index (κ3) is 4.65. The molecule has 1 unspecified atom stereocenters. The summed E-state index contributed by atoms with van der Waals surface area (Å²) in [7, 11) is 0. The molecule has 2 aromatic carbocycles. The van der Waals surface area contributed by atoms with Crippen LogP contribution in [0, 0.1) is 11.6 Å². The smallest absolute Gasteiger partial charge is 0.407 e. The molecule has 3 amide bonds. The second-order valence-corrected chi connectivity index (χ2v) is 7.63. The van der Waals surface area contributed by atoms with Gasteiger partial charge in [-0.3, -0.25) is 14.9 Å². The number of hydrogen-bond donors (Lipinski definition) is 2. The number of ether oxygens (including phenoxy) is 1. The van der Waals surface area contributed by atoms with Crippen LogP contribution in [0.1, 0.15) is 29.9 Å². The van der Waals surface area contributed by atoms with Crippen molar-refractivity contribution in [3.63, 3.8) is 0 Å². The number of amides is 3. The van der Waals surface area contributed by atoms with Gasteiger partial charge in [-0.1, -0.05) is 30.3 Å². The van der Waals surface area contributed by atoms with E-state index in [0.717, 1.165) is 5.56 Å². The molecule has 4 rings (SSSR count). The average molecular weight is 429 g/mol. The van der Waals surface area contributed by atoms with Crippen molar-refractivity contribution < 1.29 is 27.9 Å². The molecule has 2 aromatic rings. The van der Waals surface area contributed by atoms with Crippen LogP contribution in [-0.2, 0) is 20.9 Å². The molecule has 2 aliphatic heterocycles. The molecule has 0 saturated carbocycles. The molecule has 0 radical (unpaired) electrons. The molecule has 0 aromatic heterocycles. The zero-order chi connectivity index (χ0) is 22.0. The Hall–Kier alpha value is -3.49. The van der Waals surface area contributed by atoms with Crippen LogP contribution in [-0.4, -0.2) is 37.0 Å². The van der Waals surface area contributed by atoms with E-state index < -0.39 is 35.5 Å². The summed E-state index contributed by atoms with van der Waals surface area (Å²) in [6, 6.07) is 11.4. The van der Waals surface area contributed by atoms with Crippen molar-refractivity contribution in [1.29, 1.82) is 0 Å². The van der Waals surface area contributed by atoms with Gasteiger partial charge < -0.3 is 15.0 Å². The van der Waals surface area contributed by atoms with Crippen LogP contribution < -0.4 is 15.5 Å². The molecule has 2 aliphatic rings. The van der Waals surface area contributed by atoms with E-state index in [0.29, 0.717) is 18.8 Å². The van der Waals surface area contributed by atoms with E-state index in [1.165, 1.54) is 12.1 Å². The van der Waals surface area contributed by atoms with Gasteiger partial charge in [0.1, 0.15) is 18.2 Å². The lowest BCUT2D eigenvalue weighted by Gasteiger charge is -2.41. The fourth-order valence-corrected chi connectivity index (χ4v) is 3.77. The predicted molar refractivity (Wildman–Crippen MR) is 107 cm³/mol. The maximum Gasteiger partial charge on any atom is 0.407 e. The molecule has 9 heteroatoms. The van der Waals surface area contributed by atoms with Gasteiger partial charge in [0.2, 0.25) is 11.8 Å². The van der Waals surface area contributed by atoms with Gasteiger partial charge in [-0.2, -0.15) is 0 Å². The number of anilines is 1. The summed E-state index contributed by atoms with van der Waals surface area (Å²) < 4.78 is 34.4. The highest BCUT2D eigenvalue weighted by Crippen LogP contribution is 2.33. The van der Waals surface area contributed by atoms with Crippen LogP contribution in [0.3, 0.4) is 0 Å². The van der Waals surface area contributed by atoms with Gasteiger partial charge in [-0.15, -0.1) is 0 Å². The summed E-state index contributed by atoms with van der Waals surface area (Å²) in [4.78, 5) is 36.8. The number of rotatable bonds is 5. The molecule has 0 spiro atoms. The molecule has 162 valence electrons. The van der Waals surface area contributed by atoms with Gasteiger partial charge in [0.25, 0.3) is 0 Å². The Morgan fingerprint density at radius 3 is 2.45 bits per heavy atom. The molecule has 1 atom stereocenters. The third-order valence-electron chi connectivity index (χ3n) is 5.43. The van der Waals surface area contributed by atoms with Crippen LogP contribution in [0.15, 0.2) is 42.5 Å². The first-order chi connectivity index (χ1) is 14.9. The summed E-state index contributed by atoms with van der Waals surface area (Å²) >= 11 is 0. The minimum Gasteiger partial charge on any atom is -0.445 e. The van der Waals surface area contributed by atoms with Gasteiger partial charge in [0.15, 0.2) is 0 Å².